The number of hydrogen-bond donors (Lipinski definition) is 0. The van der Waals surface area contributed by atoms with E-state index in [1.54, 1.807) is 48.5 Å². The Morgan fingerprint density at radius 1 is 1.00 bits per heavy atom. The Balaban J connectivity index is 3.27. The average Bonchev–Trinajstić information content (AvgIpc) is 2.44. The van der Waals surface area contributed by atoms with Gasteiger partial charge in [-0.1, -0.05) is 0 Å². The van der Waals surface area contributed by atoms with Crippen molar-refractivity contribution in [3.05, 3.63) is 23.9 Å². The number of ether oxygens (including phenoxy) is 3. The van der Waals surface area contributed by atoms with Crippen LogP contribution in [0.2, 0.25) is 0 Å². The van der Waals surface area contributed by atoms with Crippen LogP contribution in [-0.4, -0.2) is 40.9 Å². The number of aromatic nitrogens is 1. The van der Waals surface area contributed by atoms with Crippen molar-refractivity contribution >= 4 is 24.0 Å². The highest BCUT2D eigenvalue weighted by Gasteiger charge is 2.33. The highest BCUT2D eigenvalue weighted by Crippen LogP contribution is 2.21. The minimum absolute atomic E-state index is 0.0981. The summed E-state index contributed by atoms with van der Waals surface area (Å²) in [7, 11) is 0. The zero-order chi connectivity index (χ0) is 20.1. The fraction of sp³-hybridized carbons (Fsp3) is 0.556. The van der Waals surface area contributed by atoms with Crippen LogP contribution in [0.3, 0.4) is 0 Å². The molecule has 0 fully saturated rings. The second kappa shape index (κ2) is 8.16. The Labute approximate surface area is 153 Å². The smallest absolute Gasteiger partial charge is 0.425 e. The van der Waals surface area contributed by atoms with Crippen molar-refractivity contribution in [1.29, 1.82) is 0 Å². The van der Waals surface area contributed by atoms with Crippen molar-refractivity contribution < 1.29 is 28.6 Å². The Morgan fingerprint density at radius 3 is 1.92 bits per heavy atom. The Morgan fingerprint density at radius 2 is 1.50 bits per heavy atom. The van der Waals surface area contributed by atoms with Crippen LogP contribution in [0.25, 0.3) is 0 Å². The maximum atomic E-state index is 12.5. The quantitative estimate of drug-likeness (QED) is 0.590. The van der Waals surface area contributed by atoms with Gasteiger partial charge in [-0.25, -0.2) is 19.4 Å². The third-order valence-corrected chi connectivity index (χ3v) is 2.64. The lowest BCUT2D eigenvalue weighted by atomic mass is 10.2. The predicted molar refractivity (Wildman–Crippen MR) is 95.1 cm³/mol. The van der Waals surface area contributed by atoms with Crippen LogP contribution in [0, 0.1) is 0 Å². The van der Waals surface area contributed by atoms with E-state index in [9.17, 15) is 14.4 Å². The number of carbonyl (C=O) groups is 3. The molecule has 0 aliphatic carbocycles. The first-order chi connectivity index (χ1) is 11.8. The first-order valence-electron chi connectivity index (χ1n) is 8.23. The summed E-state index contributed by atoms with van der Waals surface area (Å²) in [5.41, 5.74) is -1.53. The van der Waals surface area contributed by atoms with E-state index in [-0.39, 0.29) is 18.0 Å². The lowest BCUT2D eigenvalue weighted by Crippen LogP contribution is -2.44. The highest BCUT2D eigenvalue weighted by atomic mass is 16.6. The highest BCUT2D eigenvalue weighted by molar-refractivity contribution is 6.09. The lowest BCUT2D eigenvalue weighted by Gasteiger charge is -2.28. The summed E-state index contributed by atoms with van der Waals surface area (Å²) < 4.78 is 15.5. The molecule has 8 nitrogen and oxygen atoms in total. The van der Waals surface area contributed by atoms with E-state index in [2.05, 4.69) is 4.98 Å². The van der Waals surface area contributed by atoms with Gasteiger partial charge in [0.25, 0.3) is 0 Å². The Bertz CT molecular complexity index is 645. The zero-order valence-corrected chi connectivity index (χ0v) is 16.3. The van der Waals surface area contributed by atoms with Gasteiger partial charge in [-0.15, -0.1) is 0 Å². The van der Waals surface area contributed by atoms with Crippen LogP contribution in [0.1, 0.15) is 58.8 Å². The number of nitrogens with zero attached hydrogens (tertiary/aromatic N) is 2. The van der Waals surface area contributed by atoms with E-state index < -0.39 is 29.4 Å². The van der Waals surface area contributed by atoms with Gasteiger partial charge in [0.2, 0.25) is 0 Å². The van der Waals surface area contributed by atoms with Crippen LogP contribution in [0.4, 0.5) is 15.4 Å². The normalized spacial score (nSPS) is 11.5. The van der Waals surface area contributed by atoms with E-state index in [1.807, 2.05) is 0 Å². The molecule has 0 spiro atoms. The van der Waals surface area contributed by atoms with Crippen molar-refractivity contribution in [3.63, 3.8) is 0 Å². The standard InChI is InChI=1S/C18H26N2O6/c1-8-24-14(21)12-9-10-19-13(11-12)20(15(22)25-17(2,3)4)16(23)26-18(5,6)7/h9-11H,8H2,1-7H3. The number of hydrogen-bond acceptors (Lipinski definition) is 7. The second-order valence-corrected chi connectivity index (χ2v) is 7.42. The van der Waals surface area contributed by atoms with Crippen molar-refractivity contribution in [2.45, 2.75) is 59.7 Å². The van der Waals surface area contributed by atoms with Crippen LogP contribution in [-0.2, 0) is 14.2 Å². The van der Waals surface area contributed by atoms with E-state index in [0.717, 1.165) is 0 Å². The van der Waals surface area contributed by atoms with Gasteiger partial charge in [-0.05, 0) is 60.6 Å². The number of pyridine rings is 1. The molecule has 26 heavy (non-hydrogen) atoms. The molecule has 1 heterocycles. The molecule has 0 atom stereocenters. The average molecular weight is 366 g/mol. The van der Waals surface area contributed by atoms with Gasteiger partial charge in [-0.2, -0.15) is 4.90 Å². The van der Waals surface area contributed by atoms with Crippen molar-refractivity contribution in [2.24, 2.45) is 0 Å². The predicted octanol–water partition coefficient (Wildman–Crippen LogP) is 3.93. The van der Waals surface area contributed by atoms with Gasteiger partial charge < -0.3 is 14.2 Å². The van der Waals surface area contributed by atoms with E-state index in [4.69, 9.17) is 14.2 Å². The molecule has 0 aliphatic rings. The van der Waals surface area contributed by atoms with Crippen molar-refractivity contribution in [2.75, 3.05) is 11.5 Å². The third kappa shape index (κ3) is 6.70. The maximum Gasteiger partial charge on any atom is 0.425 e. The summed E-state index contributed by atoms with van der Waals surface area (Å²) in [6.45, 7) is 11.9. The van der Waals surface area contributed by atoms with Gasteiger partial charge in [0.15, 0.2) is 0 Å². The largest absolute Gasteiger partial charge is 0.462 e. The third-order valence-electron chi connectivity index (χ3n) is 2.64. The molecule has 0 N–H and O–H groups in total. The molecule has 0 unspecified atom stereocenters. The van der Waals surface area contributed by atoms with Gasteiger partial charge in [0.05, 0.1) is 12.2 Å². The van der Waals surface area contributed by atoms with Crippen LogP contribution >= 0.6 is 0 Å². The van der Waals surface area contributed by atoms with Crippen LogP contribution < -0.4 is 4.90 Å². The fourth-order valence-corrected chi connectivity index (χ4v) is 1.76. The van der Waals surface area contributed by atoms with Gasteiger partial charge in [-0.3, -0.25) is 0 Å². The molecular formula is C18H26N2O6. The van der Waals surface area contributed by atoms with E-state index in [1.165, 1.54) is 18.3 Å². The zero-order valence-electron chi connectivity index (χ0n) is 16.3. The number of imide groups is 1. The van der Waals surface area contributed by atoms with E-state index >= 15 is 0 Å². The molecule has 2 amide bonds. The molecular weight excluding hydrogens is 340 g/mol. The van der Waals surface area contributed by atoms with Gasteiger partial charge in [0, 0.05) is 6.20 Å². The molecule has 144 valence electrons. The SMILES string of the molecule is CCOC(=O)c1ccnc(N(C(=O)OC(C)(C)C)C(=O)OC(C)(C)C)c1. The molecule has 0 radical (unpaired) electrons. The number of rotatable bonds is 3. The fourth-order valence-electron chi connectivity index (χ4n) is 1.76. The molecule has 0 aromatic carbocycles. The molecule has 0 bridgehead atoms. The molecule has 8 heteroatoms. The minimum atomic E-state index is -0.958. The van der Waals surface area contributed by atoms with E-state index in [0.29, 0.717) is 4.90 Å². The second-order valence-electron chi connectivity index (χ2n) is 7.42. The number of esters is 1. The summed E-state index contributed by atoms with van der Waals surface area (Å²) in [6, 6.07) is 2.69. The van der Waals surface area contributed by atoms with Crippen LogP contribution in [0.5, 0.6) is 0 Å². The molecule has 1 aromatic rings. The number of carbonyl (C=O) groups excluding carboxylic acids is 3. The monoisotopic (exact) mass is 366 g/mol. The van der Waals surface area contributed by atoms with Crippen molar-refractivity contribution in [3.8, 4) is 0 Å². The van der Waals surface area contributed by atoms with Crippen molar-refractivity contribution in [1.82, 2.24) is 4.98 Å². The molecule has 0 saturated carbocycles. The first kappa shape index (κ1) is 21.4. The first-order valence-corrected chi connectivity index (χ1v) is 8.23. The topological polar surface area (TPSA) is 95.0 Å². The van der Waals surface area contributed by atoms with Crippen LogP contribution in [0.15, 0.2) is 18.3 Å². The summed E-state index contributed by atoms with van der Waals surface area (Å²) in [6.07, 6.45) is -0.621. The van der Waals surface area contributed by atoms with Gasteiger partial charge in [0.1, 0.15) is 17.0 Å². The Kier molecular flexibility index (Phi) is 6.72. The number of anilines is 1. The summed E-state index contributed by atoms with van der Waals surface area (Å²) >= 11 is 0. The lowest BCUT2D eigenvalue weighted by molar-refractivity contribution is 0.0425. The summed E-state index contributed by atoms with van der Waals surface area (Å²) in [5, 5.41) is 0. The molecule has 0 saturated heterocycles. The Hall–Kier alpha value is -2.64. The summed E-state index contributed by atoms with van der Waals surface area (Å²) in [5.74, 6) is -0.691. The molecule has 1 aromatic heterocycles. The minimum Gasteiger partial charge on any atom is -0.462 e. The van der Waals surface area contributed by atoms with Gasteiger partial charge >= 0.3 is 18.2 Å². The maximum absolute atomic E-state index is 12.5. The molecule has 1 rings (SSSR count). The number of amides is 2. The summed E-state index contributed by atoms with van der Waals surface area (Å²) in [4.78, 5) is 41.6. The molecule has 0 aliphatic heterocycles.